The van der Waals surface area contributed by atoms with Crippen LogP contribution in [0.15, 0.2) is 24.4 Å². The highest BCUT2D eigenvalue weighted by molar-refractivity contribution is 5.85. The van der Waals surface area contributed by atoms with Crippen LogP contribution in [0.2, 0.25) is 0 Å². The first-order valence-corrected chi connectivity index (χ1v) is 8.50. The highest BCUT2D eigenvalue weighted by Crippen LogP contribution is 2.36. The zero-order valence-corrected chi connectivity index (χ0v) is 13.4. The Hall–Kier alpha value is -1.28. The fourth-order valence-electron chi connectivity index (χ4n) is 3.80. The monoisotopic (exact) mass is 284 g/mol. The highest BCUT2D eigenvalue weighted by atomic mass is 15.0. The van der Waals surface area contributed by atoms with Crippen LogP contribution in [0.25, 0.3) is 10.9 Å². The van der Waals surface area contributed by atoms with Gasteiger partial charge >= 0.3 is 0 Å². The molecule has 1 fully saturated rings. The molecule has 0 atom stereocenters. The lowest BCUT2D eigenvalue weighted by atomic mass is 9.96. The van der Waals surface area contributed by atoms with Crippen LogP contribution in [0.5, 0.6) is 0 Å². The molecule has 0 bridgehead atoms. The fraction of sp³-hybridized carbons (Fsp3) is 0.579. The lowest BCUT2D eigenvalue weighted by Gasteiger charge is -2.12. The predicted molar refractivity (Wildman–Crippen MR) is 90.7 cm³/mol. The van der Waals surface area contributed by atoms with Gasteiger partial charge in [-0.3, -0.25) is 0 Å². The Balaban J connectivity index is 2.03. The topological polar surface area (TPSA) is 30.9 Å². The molecule has 3 rings (SSSR count). The predicted octanol–water partition coefficient (Wildman–Crippen LogP) is 4.46. The third kappa shape index (κ3) is 3.01. The molecule has 1 aromatic carbocycles. The number of fused-ring (bicyclic) bond motifs is 1. The van der Waals surface area contributed by atoms with Crippen LogP contribution in [-0.4, -0.2) is 11.1 Å². The van der Waals surface area contributed by atoms with Gasteiger partial charge in [-0.05, 0) is 54.8 Å². The molecule has 0 saturated heterocycles. The lowest BCUT2D eigenvalue weighted by Crippen LogP contribution is -2.04. The van der Waals surface area contributed by atoms with E-state index < -0.39 is 0 Å². The molecule has 1 heterocycles. The van der Waals surface area contributed by atoms with Crippen molar-refractivity contribution in [1.82, 2.24) is 4.57 Å². The van der Waals surface area contributed by atoms with Crippen LogP contribution in [0.1, 0.15) is 56.6 Å². The second-order valence-corrected chi connectivity index (χ2v) is 7.00. The summed E-state index contributed by atoms with van der Waals surface area (Å²) in [6.07, 6.45) is 8.83. The Labute approximate surface area is 128 Å². The van der Waals surface area contributed by atoms with Gasteiger partial charge in [-0.2, -0.15) is 0 Å². The van der Waals surface area contributed by atoms with Crippen molar-refractivity contribution in [2.75, 3.05) is 6.54 Å². The molecule has 1 aliphatic carbocycles. The van der Waals surface area contributed by atoms with Crippen molar-refractivity contribution < 1.29 is 0 Å². The van der Waals surface area contributed by atoms with Gasteiger partial charge in [-0.1, -0.05) is 38.8 Å². The maximum atomic E-state index is 5.78. The van der Waals surface area contributed by atoms with Crippen LogP contribution in [0.4, 0.5) is 0 Å². The van der Waals surface area contributed by atoms with Crippen molar-refractivity contribution in [2.45, 2.75) is 58.4 Å². The molecule has 1 aliphatic rings. The van der Waals surface area contributed by atoms with Crippen LogP contribution in [0, 0.1) is 5.92 Å². The number of rotatable bonds is 5. The van der Waals surface area contributed by atoms with Crippen LogP contribution in [-0.2, 0) is 13.0 Å². The summed E-state index contributed by atoms with van der Waals surface area (Å²) in [4.78, 5) is 0. The molecular formula is C19H28N2. The van der Waals surface area contributed by atoms with E-state index in [4.69, 9.17) is 5.73 Å². The number of hydrogen-bond donors (Lipinski definition) is 1. The molecule has 21 heavy (non-hydrogen) atoms. The van der Waals surface area contributed by atoms with E-state index >= 15 is 0 Å². The minimum Gasteiger partial charge on any atom is -0.347 e. The fourth-order valence-corrected chi connectivity index (χ4v) is 3.80. The number of nitrogens with zero attached hydrogens (tertiary/aromatic N) is 1. The zero-order valence-electron chi connectivity index (χ0n) is 13.4. The van der Waals surface area contributed by atoms with Crippen molar-refractivity contribution in [2.24, 2.45) is 11.7 Å². The molecule has 0 amide bonds. The van der Waals surface area contributed by atoms with Gasteiger partial charge in [-0.15, -0.1) is 0 Å². The molecule has 2 N–H and O–H groups in total. The minimum absolute atomic E-state index is 0.668. The Morgan fingerprint density at radius 3 is 2.67 bits per heavy atom. The number of benzene rings is 1. The third-order valence-electron chi connectivity index (χ3n) is 4.79. The summed E-state index contributed by atoms with van der Waals surface area (Å²) in [6.45, 7) is 6.39. The van der Waals surface area contributed by atoms with Gasteiger partial charge in [0.1, 0.15) is 0 Å². The minimum atomic E-state index is 0.668. The van der Waals surface area contributed by atoms with E-state index in [0.717, 1.165) is 25.4 Å². The zero-order chi connectivity index (χ0) is 14.8. The van der Waals surface area contributed by atoms with Crippen LogP contribution >= 0.6 is 0 Å². The van der Waals surface area contributed by atoms with E-state index in [2.05, 4.69) is 42.8 Å². The smallest absolute Gasteiger partial charge is 0.0486 e. The van der Waals surface area contributed by atoms with Crippen molar-refractivity contribution in [3.8, 4) is 0 Å². The van der Waals surface area contributed by atoms with E-state index in [1.807, 2.05) is 0 Å². The average molecular weight is 284 g/mol. The molecule has 0 radical (unpaired) electrons. The van der Waals surface area contributed by atoms with Gasteiger partial charge in [0.15, 0.2) is 0 Å². The second kappa shape index (κ2) is 6.23. The molecule has 0 unspecified atom stereocenters. The SMILES string of the molecule is CC(C)Cn1cc(CCN)c2ccc(C3CCCC3)cc21. The number of aromatic nitrogens is 1. The molecule has 0 aliphatic heterocycles. The summed E-state index contributed by atoms with van der Waals surface area (Å²) in [5.74, 6) is 1.45. The second-order valence-electron chi connectivity index (χ2n) is 7.00. The first-order chi connectivity index (χ1) is 10.2. The molecule has 2 heteroatoms. The van der Waals surface area contributed by atoms with Gasteiger partial charge in [0.2, 0.25) is 0 Å². The largest absolute Gasteiger partial charge is 0.347 e. The van der Waals surface area contributed by atoms with Gasteiger partial charge < -0.3 is 10.3 Å². The molecule has 114 valence electrons. The Bertz CT molecular complexity index is 603. The van der Waals surface area contributed by atoms with E-state index in [0.29, 0.717) is 5.92 Å². The quantitative estimate of drug-likeness (QED) is 0.863. The Morgan fingerprint density at radius 1 is 1.24 bits per heavy atom. The summed E-state index contributed by atoms with van der Waals surface area (Å²) in [5.41, 5.74) is 10.1. The normalized spacial score (nSPS) is 16.4. The molecule has 1 saturated carbocycles. The molecule has 0 spiro atoms. The van der Waals surface area contributed by atoms with Gasteiger partial charge in [0.25, 0.3) is 0 Å². The van der Waals surface area contributed by atoms with Crippen molar-refractivity contribution in [3.05, 3.63) is 35.5 Å². The molecule has 1 aromatic heterocycles. The first kappa shape index (κ1) is 14.6. The maximum absolute atomic E-state index is 5.78. The van der Waals surface area contributed by atoms with Crippen LogP contribution < -0.4 is 5.73 Å². The standard InChI is InChI=1S/C19H28N2/c1-14(2)12-21-13-17(9-10-20)18-8-7-16(11-19(18)21)15-5-3-4-6-15/h7-8,11,13-15H,3-6,9-10,12,20H2,1-2H3. The summed E-state index contributed by atoms with van der Waals surface area (Å²) < 4.78 is 2.45. The van der Waals surface area contributed by atoms with Crippen LogP contribution in [0.3, 0.4) is 0 Å². The first-order valence-electron chi connectivity index (χ1n) is 8.50. The summed E-state index contributed by atoms with van der Waals surface area (Å²) in [6, 6.07) is 7.15. The van der Waals surface area contributed by atoms with E-state index in [1.165, 1.54) is 42.1 Å². The van der Waals surface area contributed by atoms with E-state index in [9.17, 15) is 0 Å². The molecular weight excluding hydrogens is 256 g/mol. The van der Waals surface area contributed by atoms with Crippen molar-refractivity contribution >= 4 is 10.9 Å². The summed E-state index contributed by atoms with van der Waals surface area (Å²) in [5, 5.41) is 1.41. The number of hydrogen-bond acceptors (Lipinski definition) is 1. The average Bonchev–Trinajstić information content (AvgIpc) is 3.08. The summed E-state index contributed by atoms with van der Waals surface area (Å²) in [7, 11) is 0. The number of nitrogens with two attached hydrogens (primary N) is 1. The van der Waals surface area contributed by atoms with Gasteiger partial charge in [0, 0.05) is 23.6 Å². The van der Waals surface area contributed by atoms with Gasteiger partial charge in [-0.25, -0.2) is 0 Å². The van der Waals surface area contributed by atoms with E-state index in [1.54, 1.807) is 5.56 Å². The Morgan fingerprint density at radius 2 is 2.00 bits per heavy atom. The summed E-state index contributed by atoms with van der Waals surface area (Å²) >= 11 is 0. The third-order valence-corrected chi connectivity index (χ3v) is 4.79. The maximum Gasteiger partial charge on any atom is 0.0486 e. The highest BCUT2D eigenvalue weighted by Gasteiger charge is 2.18. The lowest BCUT2D eigenvalue weighted by molar-refractivity contribution is 0.534. The Kier molecular flexibility index (Phi) is 4.34. The molecule has 2 nitrogen and oxygen atoms in total. The molecule has 2 aromatic rings. The van der Waals surface area contributed by atoms with E-state index in [-0.39, 0.29) is 0 Å². The van der Waals surface area contributed by atoms with Crippen molar-refractivity contribution in [3.63, 3.8) is 0 Å². The van der Waals surface area contributed by atoms with Gasteiger partial charge in [0.05, 0.1) is 0 Å². The van der Waals surface area contributed by atoms with Crippen molar-refractivity contribution in [1.29, 1.82) is 0 Å².